The van der Waals surface area contributed by atoms with E-state index in [9.17, 15) is 4.79 Å². The molecule has 0 aliphatic rings. The first-order valence-corrected chi connectivity index (χ1v) is 12.4. The summed E-state index contributed by atoms with van der Waals surface area (Å²) in [5.41, 5.74) is 2.65. The van der Waals surface area contributed by atoms with Gasteiger partial charge in [-0.3, -0.25) is 14.5 Å². The Kier molecular flexibility index (Phi) is 7.65. The van der Waals surface area contributed by atoms with Crippen LogP contribution in [0.5, 0.6) is 23.0 Å². The first-order chi connectivity index (χ1) is 19.9. The molecule has 0 bridgehead atoms. The van der Waals surface area contributed by atoms with E-state index in [4.69, 9.17) is 19.5 Å². The predicted octanol–water partition coefficient (Wildman–Crippen LogP) is 5.98. The van der Waals surface area contributed by atoms with Gasteiger partial charge in [0, 0.05) is 48.3 Å². The van der Waals surface area contributed by atoms with Gasteiger partial charge in [0.25, 0.3) is 5.91 Å². The van der Waals surface area contributed by atoms with Crippen LogP contribution < -0.4 is 24.8 Å². The van der Waals surface area contributed by atoms with Gasteiger partial charge < -0.3 is 24.8 Å². The summed E-state index contributed by atoms with van der Waals surface area (Å²) in [7, 11) is 4.74. The molecular weight excluding hydrogens is 527 g/mol. The lowest BCUT2D eigenvalue weighted by Crippen LogP contribution is -2.13. The van der Waals surface area contributed by atoms with Crippen molar-refractivity contribution in [1.82, 2.24) is 14.8 Å². The Balaban J connectivity index is 1.34. The second-order valence-electron chi connectivity index (χ2n) is 8.96. The third-order valence-corrected chi connectivity index (χ3v) is 6.19. The average Bonchev–Trinajstić information content (AvgIpc) is 3.34. The van der Waals surface area contributed by atoms with E-state index in [0.717, 1.165) is 5.56 Å². The third-order valence-electron chi connectivity index (χ3n) is 6.19. The fourth-order valence-corrected chi connectivity index (χ4v) is 4.20. The Bertz CT molecular complexity index is 1780. The molecule has 0 unspecified atom stereocenters. The second kappa shape index (κ2) is 11.6. The van der Waals surface area contributed by atoms with Gasteiger partial charge in [-0.2, -0.15) is 10.4 Å². The summed E-state index contributed by atoms with van der Waals surface area (Å²) in [6.45, 7) is 0. The Hall–Kier alpha value is -5.63. The number of amides is 1. The van der Waals surface area contributed by atoms with E-state index >= 15 is 4.39 Å². The molecular formula is C30H25FN6O4. The van der Waals surface area contributed by atoms with Crippen LogP contribution in [-0.2, 0) is 13.5 Å². The maximum Gasteiger partial charge on any atom is 0.261 e. The summed E-state index contributed by atoms with van der Waals surface area (Å²) in [5.74, 6) is 0.619. The number of nitrogens with one attached hydrogen (secondary N) is 2. The molecule has 0 atom stereocenters. The van der Waals surface area contributed by atoms with Gasteiger partial charge in [-0.1, -0.05) is 12.1 Å². The Morgan fingerprint density at radius 1 is 0.976 bits per heavy atom. The number of carbonyl (C=O) groups excluding carboxylic acids is 1. The minimum absolute atomic E-state index is 0.00309. The summed E-state index contributed by atoms with van der Waals surface area (Å²) in [5, 5.41) is 19.6. The van der Waals surface area contributed by atoms with Gasteiger partial charge in [0.05, 0.1) is 32.2 Å². The molecule has 206 valence electrons. The number of hydrogen-bond acceptors (Lipinski definition) is 8. The number of methoxy groups -OCH3 is 2. The summed E-state index contributed by atoms with van der Waals surface area (Å²) in [6.07, 6.45) is 3.41. The zero-order valence-corrected chi connectivity index (χ0v) is 22.4. The van der Waals surface area contributed by atoms with E-state index in [-0.39, 0.29) is 23.6 Å². The molecule has 1 amide bonds. The number of pyridine rings is 1. The summed E-state index contributed by atoms with van der Waals surface area (Å²) in [6, 6.07) is 18.5. The molecule has 0 aliphatic heterocycles. The van der Waals surface area contributed by atoms with Crippen molar-refractivity contribution < 1.29 is 23.4 Å². The number of benzene rings is 3. The maximum atomic E-state index is 15.2. The molecule has 2 heterocycles. The molecule has 0 saturated carbocycles. The van der Waals surface area contributed by atoms with Crippen molar-refractivity contribution in [2.75, 3.05) is 24.9 Å². The normalized spacial score (nSPS) is 10.6. The van der Waals surface area contributed by atoms with Crippen LogP contribution in [0.25, 0.3) is 10.9 Å². The number of anilines is 3. The van der Waals surface area contributed by atoms with Crippen LogP contribution in [0.4, 0.5) is 21.6 Å². The van der Waals surface area contributed by atoms with E-state index in [1.54, 1.807) is 68.0 Å². The quantitative estimate of drug-likeness (QED) is 0.229. The molecule has 0 aliphatic carbocycles. The molecule has 11 heteroatoms. The van der Waals surface area contributed by atoms with Gasteiger partial charge in [-0.15, -0.1) is 0 Å². The Labute approximate surface area is 234 Å². The van der Waals surface area contributed by atoms with Gasteiger partial charge >= 0.3 is 0 Å². The van der Waals surface area contributed by atoms with Crippen molar-refractivity contribution >= 4 is 34.0 Å². The molecule has 41 heavy (non-hydrogen) atoms. The highest BCUT2D eigenvalue weighted by molar-refractivity contribution is 6.07. The largest absolute Gasteiger partial charge is 0.493 e. The van der Waals surface area contributed by atoms with Crippen molar-refractivity contribution in [3.8, 4) is 29.1 Å². The fourth-order valence-electron chi connectivity index (χ4n) is 4.20. The lowest BCUT2D eigenvalue weighted by molar-refractivity contribution is 0.102. The Morgan fingerprint density at radius 3 is 2.41 bits per heavy atom. The lowest BCUT2D eigenvalue weighted by atomic mass is 10.1. The molecule has 10 nitrogen and oxygen atoms in total. The number of carbonyl (C=O) groups is 1. The highest BCUT2D eigenvalue weighted by Crippen LogP contribution is 2.37. The second-order valence-corrected chi connectivity index (χ2v) is 8.96. The molecule has 0 saturated heterocycles. The zero-order valence-electron chi connectivity index (χ0n) is 22.4. The number of rotatable bonds is 9. The van der Waals surface area contributed by atoms with Crippen molar-refractivity contribution in [2.45, 2.75) is 6.42 Å². The number of aryl methyl sites for hydroxylation is 1. The highest BCUT2D eigenvalue weighted by atomic mass is 19.1. The smallest absolute Gasteiger partial charge is 0.261 e. The van der Waals surface area contributed by atoms with Crippen LogP contribution in [0.1, 0.15) is 15.9 Å². The number of ether oxygens (including phenoxy) is 3. The first-order valence-electron chi connectivity index (χ1n) is 12.4. The molecule has 0 fully saturated rings. The van der Waals surface area contributed by atoms with Crippen molar-refractivity contribution in [1.29, 1.82) is 5.26 Å². The molecule has 2 aromatic heterocycles. The van der Waals surface area contributed by atoms with E-state index in [2.05, 4.69) is 26.8 Å². The third kappa shape index (κ3) is 5.86. The van der Waals surface area contributed by atoms with Crippen LogP contribution in [0.2, 0.25) is 0 Å². The van der Waals surface area contributed by atoms with E-state index in [1.807, 2.05) is 0 Å². The average molecular weight is 553 g/mol. The van der Waals surface area contributed by atoms with Crippen molar-refractivity contribution in [3.63, 3.8) is 0 Å². The van der Waals surface area contributed by atoms with Crippen LogP contribution in [0, 0.1) is 17.1 Å². The molecule has 5 rings (SSSR count). The molecule has 2 N–H and O–H groups in total. The van der Waals surface area contributed by atoms with Crippen LogP contribution in [0.3, 0.4) is 0 Å². The van der Waals surface area contributed by atoms with E-state index in [1.165, 1.54) is 31.0 Å². The topological polar surface area (TPSA) is 123 Å². The minimum atomic E-state index is -0.625. The maximum absolute atomic E-state index is 15.2. The summed E-state index contributed by atoms with van der Waals surface area (Å²) >= 11 is 0. The molecule has 0 spiro atoms. The van der Waals surface area contributed by atoms with Crippen molar-refractivity contribution in [2.24, 2.45) is 7.05 Å². The summed E-state index contributed by atoms with van der Waals surface area (Å²) in [4.78, 5) is 17.3. The van der Waals surface area contributed by atoms with Crippen LogP contribution >= 0.6 is 0 Å². The van der Waals surface area contributed by atoms with Gasteiger partial charge in [0.1, 0.15) is 11.3 Å². The van der Waals surface area contributed by atoms with E-state index < -0.39 is 11.7 Å². The SMILES string of the molecule is COc1cc2nccc(Oc3ccc(Nc4nn(C)cc4C(=O)Nc4ccc(CC#N)cc4)cc3F)c2cc1OC. The number of hydrogen-bond donors (Lipinski definition) is 2. The fraction of sp³-hybridized carbons (Fsp3) is 0.133. The van der Waals surface area contributed by atoms with E-state index in [0.29, 0.717) is 39.5 Å². The standard InChI is InChI=1S/C30H25FN6O4/c1-37-17-22(30(38)35-19-6-4-18(5-7-19)10-12-32)29(36-37)34-20-8-9-26(23(31)14-20)41-25-11-13-33-24-16-28(40-3)27(39-2)15-21(24)25/h4-9,11,13-17H,10H2,1-3H3,(H,34,36)(H,35,38). The lowest BCUT2D eigenvalue weighted by Gasteiger charge is -2.13. The Morgan fingerprint density at radius 2 is 1.71 bits per heavy atom. The number of fused-ring (bicyclic) bond motifs is 1. The van der Waals surface area contributed by atoms with Crippen LogP contribution in [0.15, 0.2) is 73.1 Å². The zero-order chi connectivity index (χ0) is 28.9. The molecule has 5 aromatic rings. The van der Waals surface area contributed by atoms with Gasteiger partial charge in [0.15, 0.2) is 28.9 Å². The number of nitrogens with zero attached hydrogens (tertiary/aromatic N) is 4. The van der Waals surface area contributed by atoms with Gasteiger partial charge in [-0.25, -0.2) is 4.39 Å². The number of nitriles is 1. The summed E-state index contributed by atoms with van der Waals surface area (Å²) < 4.78 is 33.3. The monoisotopic (exact) mass is 552 g/mol. The van der Waals surface area contributed by atoms with Gasteiger partial charge in [-0.05, 0) is 42.0 Å². The minimum Gasteiger partial charge on any atom is -0.493 e. The highest BCUT2D eigenvalue weighted by Gasteiger charge is 2.18. The number of aromatic nitrogens is 3. The molecule has 3 aromatic carbocycles. The van der Waals surface area contributed by atoms with Gasteiger partial charge in [0.2, 0.25) is 0 Å². The first kappa shape index (κ1) is 27.0. The number of halogens is 1. The molecule has 0 radical (unpaired) electrons. The van der Waals surface area contributed by atoms with Crippen LogP contribution in [-0.4, -0.2) is 34.9 Å². The van der Waals surface area contributed by atoms with Crippen molar-refractivity contribution in [3.05, 3.63) is 90.0 Å². The predicted molar refractivity (Wildman–Crippen MR) is 152 cm³/mol.